The minimum Gasteiger partial charge on any atom is -0.309 e. The Morgan fingerprint density at radius 2 is 1.94 bits per heavy atom. The zero-order chi connectivity index (χ0) is 13.0. The highest BCUT2D eigenvalue weighted by molar-refractivity contribution is 5.37. The lowest BCUT2D eigenvalue weighted by Crippen LogP contribution is -2.17. The lowest BCUT2D eigenvalue weighted by Gasteiger charge is -2.16. The molecular formula is C13H13N3O2. The average molecular weight is 243 g/mol. The van der Waals surface area contributed by atoms with Crippen LogP contribution < -0.4 is 5.32 Å². The van der Waals surface area contributed by atoms with Crippen LogP contribution >= 0.6 is 0 Å². The van der Waals surface area contributed by atoms with Crippen LogP contribution in [0.25, 0.3) is 0 Å². The molecule has 0 saturated carbocycles. The minimum absolute atomic E-state index is 0.0143. The van der Waals surface area contributed by atoms with Gasteiger partial charge in [0, 0.05) is 24.5 Å². The van der Waals surface area contributed by atoms with E-state index in [9.17, 15) is 10.1 Å². The van der Waals surface area contributed by atoms with Gasteiger partial charge in [0.2, 0.25) is 0 Å². The topological polar surface area (TPSA) is 68.1 Å². The van der Waals surface area contributed by atoms with Crippen molar-refractivity contribution in [2.45, 2.75) is 6.04 Å². The Balaban J connectivity index is 2.31. The van der Waals surface area contributed by atoms with E-state index < -0.39 is 4.92 Å². The third-order valence-corrected chi connectivity index (χ3v) is 2.74. The highest BCUT2D eigenvalue weighted by Crippen LogP contribution is 2.22. The summed E-state index contributed by atoms with van der Waals surface area (Å²) in [4.78, 5) is 14.3. The summed E-state index contributed by atoms with van der Waals surface area (Å²) in [6, 6.07) is 10.4. The van der Waals surface area contributed by atoms with Crippen LogP contribution in [0.15, 0.2) is 48.8 Å². The second-order valence-corrected chi connectivity index (χ2v) is 3.86. The average Bonchev–Trinajstić information content (AvgIpc) is 2.41. The molecule has 18 heavy (non-hydrogen) atoms. The van der Waals surface area contributed by atoms with Crippen molar-refractivity contribution in [2.24, 2.45) is 0 Å². The third-order valence-electron chi connectivity index (χ3n) is 2.74. The highest BCUT2D eigenvalue weighted by atomic mass is 16.6. The summed E-state index contributed by atoms with van der Waals surface area (Å²) in [6.45, 7) is 0. The molecule has 2 aromatic rings. The number of aromatic nitrogens is 1. The molecule has 0 bridgehead atoms. The number of nitro benzene ring substituents is 1. The second kappa shape index (κ2) is 5.37. The van der Waals surface area contributed by atoms with E-state index in [1.54, 1.807) is 24.5 Å². The van der Waals surface area contributed by atoms with Crippen LogP contribution in [0.2, 0.25) is 0 Å². The molecule has 0 fully saturated rings. The summed E-state index contributed by atoms with van der Waals surface area (Å²) >= 11 is 0. The number of pyridine rings is 1. The Hall–Kier alpha value is -2.27. The van der Waals surface area contributed by atoms with Crippen LogP contribution in [0.5, 0.6) is 0 Å². The molecule has 1 aromatic carbocycles. The second-order valence-electron chi connectivity index (χ2n) is 3.86. The lowest BCUT2D eigenvalue weighted by atomic mass is 10.0. The molecule has 1 aromatic heterocycles. The Morgan fingerprint density at radius 1 is 1.22 bits per heavy atom. The van der Waals surface area contributed by atoms with E-state index in [-0.39, 0.29) is 11.7 Å². The molecule has 0 saturated heterocycles. The van der Waals surface area contributed by atoms with E-state index in [0.717, 1.165) is 11.1 Å². The van der Waals surface area contributed by atoms with Gasteiger partial charge in [0.1, 0.15) is 0 Å². The van der Waals surface area contributed by atoms with Crippen molar-refractivity contribution >= 4 is 5.69 Å². The van der Waals surface area contributed by atoms with Crippen molar-refractivity contribution in [1.82, 2.24) is 10.3 Å². The number of hydrogen-bond donors (Lipinski definition) is 1. The summed E-state index contributed by atoms with van der Waals surface area (Å²) in [6.07, 6.45) is 3.49. The van der Waals surface area contributed by atoms with Crippen LogP contribution in [0.3, 0.4) is 0 Å². The molecule has 5 heteroatoms. The summed E-state index contributed by atoms with van der Waals surface area (Å²) in [5.41, 5.74) is 2.09. The molecule has 1 atom stereocenters. The van der Waals surface area contributed by atoms with Crippen molar-refractivity contribution in [3.63, 3.8) is 0 Å². The van der Waals surface area contributed by atoms with E-state index in [1.165, 1.54) is 12.1 Å². The predicted molar refractivity (Wildman–Crippen MR) is 68.2 cm³/mol. The standard InChI is InChI=1S/C13H13N3O2/c1-14-13(11-3-2-8-15-9-11)10-4-6-12(7-5-10)16(17)18/h2-9,13-14H,1H3. The van der Waals surface area contributed by atoms with Gasteiger partial charge in [-0.25, -0.2) is 0 Å². The van der Waals surface area contributed by atoms with Gasteiger partial charge in [-0.05, 0) is 24.2 Å². The van der Waals surface area contributed by atoms with Crippen LogP contribution in [0.1, 0.15) is 17.2 Å². The van der Waals surface area contributed by atoms with Gasteiger partial charge in [-0.3, -0.25) is 15.1 Å². The van der Waals surface area contributed by atoms with Gasteiger partial charge >= 0.3 is 0 Å². The van der Waals surface area contributed by atoms with E-state index in [0.29, 0.717) is 0 Å². The summed E-state index contributed by atoms with van der Waals surface area (Å²) in [7, 11) is 1.85. The molecule has 1 unspecified atom stereocenters. The van der Waals surface area contributed by atoms with E-state index in [1.807, 2.05) is 19.2 Å². The molecule has 1 N–H and O–H groups in total. The summed E-state index contributed by atoms with van der Waals surface area (Å²) in [5.74, 6) is 0. The lowest BCUT2D eigenvalue weighted by molar-refractivity contribution is -0.384. The van der Waals surface area contributed by atoms with Crippen molar-refractivity contribution in [2.75, 3.05) is 7.05 Å². The number of non-ortho nitro benzene ring substituents is 1. The van der Waals surface area contributed by atoms with Crippen LogP contribution in [0.4, 0.5) is 5.69 Å². The zero-order valence-electron chi connectivity index (χ0n) is 9.91. The van der Waals surface area contributed by atoms with Gasteiger partial charge < -0.3 is 5.32 Å². The number of rotatable bonds is 4. The molecule has 1 heterocycles. The first kappa shape index (κ1) is 12.2. The van der Waals surface area contributed by atoms with Crippen molar-refractivity contribution in [1.29, 1.82) is 0 Å². The summed E-state index contributed by atoms with van der Waals surface area (Å²) < 4.78 is 0. The molecule has 0 radical (unpaired) electrons. The van der Waals surface area contributed by atoms with Gasteiger partial charge in [-0.15, -0.1) is 0 Å². The molecule has 2 rings (SSSR count). The largest absolute Gasteiger partial charge is 0.309 e. The maximum Gasteiger partial charge on any atom is 0.269 e. The molecule has 0 spiro atoms. The van der Waals surface area contributed by atoms with E-state index >= 15 is 0 Å². The van der Waals surface area contributed by atoms with Crippen LogP contribution in [-0.2, 0) is 0 Å². The number of hydrogen-bond acceptors (Lipinski definition) is 4. The number of nitrogens with one attached hydrogen (secondary N) is 1. The van der Waals surface area contributed by atoms with Crippen molar-refractivity contribution in [3.05, 3.63) is 70.0 Å². The van der Waals surface area contributed by atoms with Crippen molar-refractivity contribution in [3.8, 4) is 0 Å². The quantitative estimate of drug-likeness (QED) is 0.660. The molecule has 0 aliphatic carbocycles. The number of benzene rings is 1. The maximum atomic E-state index is 10.6. The SMILES string of the molecule is CNC(c1ccc([N+](=O)[O-])cc1)c1cccnc1. The first-order chi connectivity index (χ1) is 8.72. The third kappa shape index (κ3) is 2.52. The van der Waals surface area contributed by atoms with Gasteiger partial charge in [0.25, 0.3) is 5.69 Å². The smallest absolute Gasteiger partial charge is 0.269 e. The van der Waals surface area contributed by atoms with Crippen molar-refractivity contribution < 1.29 is 4.92 Å². The molecule has 5 nitrogen and oxygen atoms in total. The monoisotopic (exact) mass is 243 g/mol. The van der Waals surface area contributed by atoms with Crippen LogP contribution in [0, 0.1) is 10.1 Å². The molecule has 92 valence electrons. The van der Waals surface area contributed by atoms with Crippen LogP contribution in [-0.4, -0.2) is 17.0 Å². The Labute approximate surface area is 105 Å². The maximum absolute atomic E-state index is 10.6. The minimum atomic E-state index is -0.401. The first-order valence-corrected chi connectivity index (χ1v) is 5.54. The number of nitrogens with zero attached hydrogens (tertiary/aromatic N) is 2. The van der Waals surface area contributed by atoms with Gasteiger partial charge in [-0.2, -0.15) is 0 Å². The van der Waals surface area contributed by atoms with E-state index in [4.69, 9.17) is 0 Å². The van der Waals surface area contributed by atoms with Gasteiger partial charge in [0.05, 0.1) is 11.0 Å². The zero-order valence-corrected chi connectivity index (χ0v) is 9.91. The fraction of sp³-hybridized carbons (Fsp3) is 0.154. The predicted octanol–water partition coefficient (Wildman–Crippen LogP) is 2.30. The Bertz CT molecular complexity index is 526. The normalized spacial score (nSPS) is 12.1. The van der Waals surface area contributed by atoms with Gasteiger partial charge in [0.15, 0.2) is 0 Å². The van der Waals surface area contributed by atoms with Gasteiger partial charge in [-0.1, -0.05) is 18.2 Å². The Kier molecular flexibility index (Phi) is 3.64. The molecule has 0 amide bonds. The molecule has 0 aliphatic rings. The number of nitro groups is 1. The first-order valence-electron chi connectivity index (χ1n) is 5.54. The Morgan fingerprint density at radius 3 is 2.44 bits per heavy atom. The van der Waals surface area contributed by atoms with E-state index in [2.05, 4.69) is 10.3 Å². The summed E-state index contributed by atoms with van der Waals surface area (Å²) in [5, 5.41) is 13.8. The molecule has 0 aliphatic heterocycles. The highest BCUT2D eigenvalue weighted by Gasteiger charge is 2.13. The fourth-order valence-electron chi connectivity index (χ4n) is 1.86. The fourth-order valence-corrected chi connectivity index (χ4v) is 1.86. The molecular weight excluding hydrogens is 230 g/mol.